The second-order valence-electron chi connectivity index (χ2n) is 6.88. The van der Waals surface area contributed by atoms with Crippen molar-refractivity contribution in [1.82, 2.24) is 5.32 Å². The van der Waals surface area contributed by atoms with Crippen molar-refractivity contribution in [3.63, 3.8) is 0 Å². The number of carbonyl (C=O) groups excluding carboxylic acids is 2. The first-order chi connectivity index (χ1) is 14.2. The van der Waals surface area contributed by atoms with Gasteiger partial charge in [0.2, 0.25) is 5.91 Å². The summed E-state index contributed by atoms with van der Waals surface area (Å²) in [5, 5.41) is 12.4. The number of nitriles is 1. The lowest BCUT2D eigenvalue weighted by Crippen LogP contribution is -2.34. The van der Waals surface area contributed by atoms with Crippen molar-refractivity contribution < 1.29 is 18.7 Å². The van der Waals surface area contributed by atoms with Crippen molar-refractivity contribution in [3.8, 4) is 11.8 Å². The number of methoxy groups -OCH3 is 1. The fourth-order valence-corrected chi connectivity index (χ4v) is 3.49. The van der Waals surface area contributed by atoms with Gasteiger partial charge in [-0.2, -0.15) is 5.26 Å². The summed E-state index contributed by atoms with van der Waals surface area (Å²) >= 11 is 6.17. The van der Waals surface area contributed by atoms with Gasteiger partial charge in [-0.1, -0.05) is 24.6 Å². The van der Waals surface area contributed by atoms with Crippen molar-refractivity contribution in [2.75, 3.05) is 7.11 Å². The molecular formula is C22H23ClFN3O3. The second kappa shape index (κ2) is 10.2. The van der Waals surface area contributed by atoms with Crippen LogP contribution in [0, 0.1) is 17.1 Å². The predicted molar refractivity (Wildman–Crippen MR) is 112 cm³/mol. The average molecular weight is 432 g/mol. The van der Waals surface area contributed by atoms with Crippen LogP contribution in [0.4, 0.5) is 4.39 Å². The molecule has 0 spiro atoms. The zero-order chi connectivity index (χ0) is 22.4. The molecular weight excluding hydrogens is 409 g/mol. The lowest BCUT2D eigenvalue weighted by atomic mass is 9.95. The SMILES string of the molecule is CC[C@@H](N[C@H](C)CC(N)=O)c1ccc(Cl)c(C(=O)c2ccc(OC)c(C#N)c2)c1F. The van der Waals surface area contributed by atoms with Crippen molar-refractivity contribution in [3.05, 3.63) is 63.4 Å². The van der Waals surface area contributed by atoms with Crippen LogP contribution < -0.4 is 15.8 Å². The number of nitrogens with one attached hydrogen (secondary N) is 1. The summed E-state index contributed by atoms with van der Waals surface area (Å²) in [4.78, 5) is 24.2. The number of amides is 1. The molecule has 0 saturated heterocycles. The van der Waals surface area contributed by atoms with Gasteiger partial charge in [0.25, 0.3) is 0 Å². The van der Waals surface area contributed by atoms with Gasteiger partial charge in [0.15, 0.2) is 5.78 Å². The molecule has 0 aliphatic heterocycles. The van der Waals surface area contributed by atoms with Gasteiger partial charge in [-0.3, -0.25) is 9.59 Å². The number of ketones is 1. The van der Waals surface area contributed by atoms with Crippen LogP contribution >= 0.6 is 11.6 Å². The third kappa shape index (κ3) is 5.15. The number of nitrogens with two attached hydrogens (primary N) is 1. The van der Waals surface area contributed by atoms with E-state index in [4.69, 9.17) is 22.1 Å². The lowest BCUT2D eigenvalue weighted by molar-refractivity contribution is -0.118. The molecule has 2 aromatic carbocycles. The quantitative estimate of drug-likeness (QED) is 0.586. The number of hydrogen-bond donors (Lipinski definition) is 2. The number of primary amides is 1. The molecule has 0 aromatic heterocycles. The summed E-state index contributed by atoms with van der Waals surface area (Å²) < 4.78 is 20.5. The van der Waals surface area contributed by atoms with E-state index in [1.165, 1.54) is 37.4 Å². The average Bonchev–Trinajstić information content (AvgIpc) is 2.71. The smallest absolute Gasteiger partial charge is 0.218 e. The molecule has 0 aliphatic carbocycles. The number of ether oxygens (including phenoxy) is 1. The van der Waals surface area contributed by atoms with E-state index >= 15 is 4.39 Å². The van der Waals surface area contributed by atoms with E-state index in [0.29, 0.717) is 12.2 Å². The van der Waals surface area contributed by atoms with Gasteiger partial charge in [-0.05, 0) is 37.6 Å². The Hall–Kier alpha value is -2.95. The van der Waals surface area contributed by atoms with E-state index in [-0.39, 0.29) is 39.7 Å². The van der Waals surface area contributed by atoms with Gasteiger partial charge in [-0.25, -0.2) is 4.39 Å². The number of hydrogen-bond acceptors (Lipinski definition) is 5. The highest BCUT2D eigenvalue weighted by atomic mass is 35.5. The molecule has 30 heavy (non-hydrogen) atoms. The minimum absolute atomic E-state index is 0.0318. The summed E-state index contributed by atoms with van der Waals surface area (Å²) in [5.41, 5.74) is 5.49. The molecule has 0 heterocycles. The highest BCUT2D eigenvalue weighted by molar-refractivity contribution is 6.35. The first kappa shape index (κ1) is 23.3. The van der Waals surface area contributed by atoms with Crippen LogP contribution in [0.3, 0.4) is 0 Å². The lowest BCUT2D eigenvalue weighted by Gasteiger charge is -2.23. The maximum Gasteiger partial charge on any atom is 0.218 e. The topological polar surface area (TPSA) is 105 Å². The summed E-state index contributed by atoms with van der Waals surface area (Å²) in [5.74, 6) is -1.54. The van der Waals surface area contributed by atoms with Crippen molar-refractivity contribution in [1.29, 1.82) is 5.26 Å². The van der Waals surface area contributed by atoms with E-state index in [9.17, 15) is 14.9 Å². The minimum atomic E-state index is -0.743. The fraction of sp³-hybridized carbons (Fsp3) is 0.318. The normalized spacial score (nSPS) is 12.7. The molecule has 2 rings (SSSR count). The highest BCUT2D eigenvalue weighted by Crippen LogP contribution is 2.31. The first-order valence-electron chi connectivity index (χ1n) is 9.38. The van der Waals surface area contributed by atoms with Crippen LogP contribution in [0.1, 0.15) is 59.8 Å². The Morgan fingerprint density at radius 2 is 2.03 bits per heavy atom. The predicted octanol–water partition coefficient (Wildman–Crippen LogP) is 3.89. The second-order valence-corrected chi connectivity index (χ2v) is 7.29. The minimum Gasteiger partial charge on any atom is -0.495 e. The molecule has 0 bridgehead atoms. The monoisotopic (exact) mass is 431 g/mol. The van der Waals surface area contributed by atoms with Crippen molar-refractivity contribution >= 4 is 23.3 Å². The number of rotatable bonds is 9. The van der Waals surface area contributed by atoms with E-state index in [0.717, 1.165) is 0 Å². The molecule has 8 heteroatoms. The zero-order valence-corrected chi connectivity index (χ0v) is 17.7. The van der Waals surface area contributed by atoms with Crippen LogP contribution in [0.2, 0.25) is 5.02 Å². The molecule has 1 amide bonds. The van der Waals surface area contributed by atoms with Gasteiger partial charge in [0.1, 0.15) is 17.6 Å². The van der Waals surface area contributed by atoms with Crippen LogP contribution in [0.25, 0.3) is 0 Å². The molecule has 2 aromatic rings. The number of carbonyl (C=O) groups is 2. The first-order valence-corrected chi connectivity index (χ1v) is 9.76. The number of halogens is 2. The summed E-state index contributed by atoms with van der Waals surface area (Å²) in [7, 11) is 1.41. The Morgan fingerprint density at radius 1 is 1.33 bits per heavy atom. The Kier molecular flexibility index (Phi) is 7.93. The van der Waals surface area contributed by atoms with Crippen LogP contribution in [-0.2, 0) is 4.79 Å². The van der Waals surface area contributed by atoms with Gasteiger partial charge in [-0.15, -0.1) is 0 Å². The Morgan fingerprint density at radius 3 is 2.60 bits per heavy atom. The van der Waals surface area contributed by atoms with Gasteiger partial charge >= 0.3 is 0 Å². The highest BCUT2D eigenvalue weighted by Gasteiger charge is 2.25. The largest absolute Gasteiger partial charge is 0.495 e. The molecule has 0 radical (unpaired) electrons. The fourth-order valence-electron chi connectivity index (χ4n) is 3.26. The van der Waals surface area contributed by atoms with Gasteiger partial charge in [0.05, 0.1) is 23.3 Å². The number of benzene rings is 2. The molecule has 0 aliphatic rings. The number of nitrogens with zero attached hydrogens (tertiary/aromatic N) is 1. The third-order valence-electron chi connectivity index (χ3n) is 4.71. The standard InChI is InChI=1S/C22H23ClFN3O3/c1-4-17(27-12(2)9-19(26)28)15-6-7-16(23)20(21(15)24)22(29)13-5-8-18(30-3)14(10-13)11-25/h5-8,10,12,17,27H,4,9H2,1-3H3,(H2,26,28)/t12-,17-/m1/s1. The van der Waals surface area contributed by atoms with E-state index in [1.54, 1.807) is 6.92 Å². The summed E-state index contributed by atoms with van der Waals surface area (Å²) in [6.45, 7) is 3.63. The van der Waals surface area contributed by atoms with Crippen LogP contribution in [-0.4, -0.2) is 24.8 Å². The van der Waals surface area contributed by atoms with E-state index in [1.807, 2.05) is 13.0 Å². The zero-order valence-electron chi connectivity index (χ0n) is 17.0. The van der Waals surface area contributed by atoms with E-state index in [2.05, 4.69) is 5.32 Å². The molecule has 0 unspecified atom stereocenters. The van der Waals surface area contributed by atoms with Crippen molar-refractivity contribution in [2.45, 2.75) is 38.8 Å². The van der Waals surface area contributed by atoms with Crippen LogP contribution in [0.15, 0.2) is 30.3 Å². The molecule has 2 atom stereocenters. The maximum absolute atomic E-state index is 15.4. The maximum atomic E-state index is 15.4. The molecule has 3 N–H and O–H groups in total. The molecule has 0 fully saturated rings. The van der Waals surface area contributed by atoms with Crippen molar-refractivity contribution in [2.24, 2.45) is 5.73 Å². The third-order valence-corrected chi connectivity index (χ3v) is 5.02. The summed E-state index contributed by atoms with van der Waals surface area (Å²) in [6, 6.07) is 8.47. The molecule has 6 nitrogen and oxygen atoms in total. The molecule has 0 saturated carbocycles. The summed E-state index contributed by atoms with van der Waals surface area (Å²) in [6.07, 6.45) is 0.608. The van der Waals surface area contributed by atoms with Gasteiger partial charge < -0.3 is 15.8 Å². The van der Waals surface area contributed by atoms with E-state index < -0.39 is 23.5 Å². The Labute approximate surface area is 179 Å². The Bertz CT molecular complexity index is 1000. The van der Waals surface area contributed by atoms with Gasteiger partial charge in [0, 0.05) is 29.6 Å². The Balaban J connectivity index is 2.46. The molecule has 158 valence electrons. The van der Waals surface area contributed by atoms with Crippen LogP contribution in [0.5, 0.6) is 5.75 Å².